The predicted octanol–water partition coefficient (Wildman–Crippen LogP) is 6.58. The molecule has 0 heterocycles. The number of hydrogen-bond donors (Lipinski definition) is 2. The van der Waals surface area contributed by atoms with E-state index in [1.54, 1.807) is 18.2 Å². The van der Waals surface area contributed by atoms with Gasteiger partial charge in [-0.2, -0.15) is 0 Å². The van der Waals surface area contributed by atoms with Gasteiger partial charge < -0.3 is 20.1 Å². The highest BCUT2D eigenvalue weighted by Crippen LogP contribution is 2.19. The lowest BCUT2D eigenvalue weighted by Gasteiger charge is -2.09. The molecule has 0 unspecified atom stereocenters. The number of carbonyl (C=O) groups excluding carboxylic acids is 2. The third-order valence-corrected chi connectivity index (χ3v) is 4.83. The smallest absolute Gasteiger partial charge is 0.410 e. The molecule has 0 aliphatic heterocycles. The maximum Gasteiger partial charge on any atom is 0.412 e. The van der Waals surface area contributed by atoms with Crippen LogP contribution in [-0.4, -0.2) is 25.3 Å². The normalized spacial score (nSPS) is 10.5. The van der Waals surface area contributed by atoms with Crippen molar-refractivity contribution in [2.45, 2.75) is 90.9 Å². The van der Waals surface area contributed by atoms with Crippen molar-refractivity contribution in [1.29, 1.82) is 0 Å². The Balaban J connectivity index is 2.20. The first-order chi connectivity index (χ1) is 14.7. The van der Waals surface area contributed by atoms with Gasteiger partial charge in [0, 0.05) is 19.2 Å². The van der Waals surface area contributed by atoms with Gasteiger partial charge in [0.05, 0.1) is 0 Å². The second-order valence-electron chi connectivity index (χ2n) is 7.64. The molecule has 0 saturated heterocycles. The summed E-state index contributed by atoms with van der Waals surface area (Å²) in [7, 11) is 0. The van der Waals surface area contributed by atoms with Crippen LogP contribution in [0.15, 0.2) is 24.3 Å². The van der Waals surface area contributed by atoms with Crippen molar-refractivity contribution in [2.75, 3.05) is 13.1 Å². The van der Waals surface area contributed by atoms with E-state index in [0.29, 0.717) is 24.6 Å². The zero-order valence-corrected chi connectivity index (χ0v) is 18.8. The van der Waals surface area contributed by atoms with Gasteiger partial charge in [0.25, 0.3) is 0 Å². The van der Waals surface area contributed by atoms with E-state index in [1.807, 2.05) is 0 Å². The molecule has 30 heavy (non-hydrogen) atoms. The number of carbonyl (C=O) groups is 2. The second kappa shape index (κ2) is 17.6. The Kier molecular flexibility index (Phi) is 15.1. The molecule has 2 amide bonds. The van der Waals surface area contributed by atoms with Crippen LogP contribution >= 0.6 is 0 Å². The summed E-state index contributed by atoms with van der Waals surface area (Å²) >= 11 is 0. The largest absolute Gasteiger partial charge is 0.412 e. The standard InChI is InChI=1S/C24H40N2O4/c1-3-5-7-9-11-13-18-25-23(27)29-21-16-15-17-22(20-21)30-24(28)26-19-14-12-10-8-6-4-2/h15-17,20H,3-14,18-19H2,1-2H3,(H,25,27)(H,26,28). The quantitative estimate of drug-likeness (QED) is 0.296. The Morgan fingerprint density at radius 2 is 1.07 bits per heavy atom. The van der Waals surface area contributed by atoms with Gasteiger partial charge in [-0.15, -0.1) is 0 Å². The highest BCUT2D eigenvalue weighted by atomic mass is 16.6. The van der Waals surface area contributed by atoms with Gasteiger partial charge in [0.2, 0.25) is 0 Å². The first-order valence-corrected chi connectivity index (χ1v) is 11.7. The molecule has 0 saturated carbocycles. The van der Waals surface area contributed by atoms with Crippen LogP contribution < -0.4 is 20.1 Å². The summed E-state index contributed by atoms with van der Waals surface area (Å²) in [5.41, 5.74) is 0. The molecule has 0 spiro atoms. The second-order valence-corrected chi connectivity index (χ2v) is 7.64. The van der Waals surface area contributed by atoms with E-state index in [2.05, 4.69) is 24.5 Å². The van der Waals surface area contributed by atoms with Crippen molar-refractivity contribution < 1.29 is 19.1 Å². The van der Waals surface area contributed by atoms with Crippen LogP contribution in [0.25, 0.3) is 0 Å². The number of amides is 2. The molecule has 0 fully saturated rings. The van der Waals surface area contributed by atoms with Gasteiger partial charge >= 0.3 is 12.2 Å². The molecule has 0 aliphatic carbocycles. The number of rotatable bonds is 16. The summed E-state index contributed by atoms with van der Waals surface area (Å²) in [5, 5.41) is 5.51. The summed E-state index contributed by atoms with van der Waals surface area (Å²) in [6.45, 7) is 5.59. The van der Waals surface area contributed by atoms with E-state index in [1.165, 1.54) is 57.4 Å². The van der Waals surface area contributed by atoms with Crippen LogP contribution in [-0.2, 0) is 0 Å². The zero-order valence-electron chi connectivity index (χ0n) is 18.8. The molecule has 170 valence electrons. The fourth-order valence-corrected chi connectivity index (χ4v) is 3.08. The van der Waals surface area contributed by atoms with Crippen molar-refractivity contribution >= 4 is 12.2 Å². The molecular formula is C24H40N2O4. The fourth-order valence-electron chi connectivity index (χ4n) is 3.08. The third-order valence-electron chi connectivity index (χ3n) is 4.83. The first-order valence-electron chi connectivity index (χ1n) is 11.7. The van der Waals surface area contributed by atoms with Gasteiger partial charge in [-0.1, -0.05) is 84.1 Å². The minimum Gasteiger partial charge on any atom is -0.410 e. The topological polar surface area (TPSA) is 76.7 Å². The molecule has 0 aliphatic rings. The van der Waals surface area contributed by atoms with Crippen molar-refractivity contribution in [2.24, 2.45) is 0 Å². The molecule has 2 N–H and O–H groups in total. The summed E-state index contributed by atoms with van der Waals surface area (Å²) in [6, 6.07) is 6.54. The molecular weight excluding hydrogens is 380 g/mol. The minimum atomic E-state index is -0.492. The number of benzene rings is 1. The zero-order chi connectivity index (χ0) is 21.9. The third kappa shape index (κ3) is 13.9. The Morgan fingerprint density at radius 3 is 1.50 bits per heavy atom. The average molecular weight is 421 g/mol. The summed E-state index contributed by atoms with van der Waals surface area (Å²) in [6.07, 6.45) is 13.0. The van der Waals surface area contributed by atoms with Gasteiger partial charge in [0.15, 0.2) is 0 Å². The van der Waals surface area contributed by atoms with Crippen LogP contribution in [0.3, 0.4) is 0 Å². The first kappa shape index (κ1) is 25.8. The Morgan fingerprint density at radius 1 is 0.667 bits per heavy atom. The van der Waals surface area contributed by atoms with Crippen LogP contribution in [0.2, 0.25) is 0 Å². The molecule has 1 aromatic carbocycles. The number of unbranched alkanes of at least 4 members (excludes halogenated alkanes) is 10. The maximum atomic E-state index is 11.9. The van der Waals surface area contributed by atoms with E-state index < -0.39 is 12.2 Å². The molecule has 6 heteroatoms. The maximum absolute atomic E-state index is 11.9. The van der Waals surface area contributed by atoms with E-state index in [-0.39, 0.29) is 0 Å². The lowest BCUT2D eigenvalue weighted by Crippen LogP contribution is -2.28. The summed E-state index contributed by atoms with van der Waals surface area (Å²) in [4.78, 5) is 23.8. The molecule has 1 aromatic rings. The predicted molar refractivity (Wildman–Crippen MR) is 121 cm³/mol. The van der Waals surface area contributed by atoms with E-state index in [0.717, 1.165) is 25.7 Å². The lowest BCUT2D eigenvalue weighted by molar-refractivity contribution is 0.198. The van der Waals surface area contributed by atoms with Gasteiger partial charge in [-0.05, 0) is 25.0 Å². The van der Waals surface area contributed by atoms with Crippen molar-refractivity contribution in [1.82, 2.24) is 10.6 Å². The molecule has 0 radical (unpaired) electrons. The van der Waals surface area contributed by atoms with Crippen LogP contribution in [0.5, 0.6) is 11.5 Å². The molecule has 6 nitrogen and oxygen atoms in total. The van der Waals surface area contributed by atoms with E-state index >= 15 is 0 Å². The Hall–Kier alpha value is -2.24. The van der Waals surface area contributed by atoms with Crippen LogP contribution in [0.4, 0.5) is 9.59 Å². The fraction of sp³-hybridized carbons (Fsp3) is 0.667. The van der Waals surface area contributed by atoms with Crippen LogP contribution in [0.1, 0.15) is 90.9 Å². The monoisotopic (exact) mass is 420 g/mol. The summed E-state index contributed by atoms with van der Waals surface area (Å²) in [5.74, 6) is 0.688. The highest BCUT2D eigenvalue weighted by Gasteiger charge is 2.08. The molecule has 0 bridgehead atoms. The summed E-state index contributed by atoms with van der Waals surface area (Å²) < 4.78 is 10.5. The van der Waals surface area contributed by atoms with Crippen molar-refractivity contribution in [3.8, 4) is 11.5 Å². The van der Waals surface area contributed by atoms with Crippen LogP contribution in [0, 0.1) is 0 Å². The molecule has 0 aromatic heterocycles. The van der Waals surface area contributed by atoms with Gasteiger partial charge in [0.1, 0.15) is 11.5 Å². The van der Waals surface area contributed by atoms with Gasteiger partial charge in [-0.25, -0.2) is 9.59 Å². The van der Waals surface area contributed by atoms with E-state index in [4.69, 9.17) is 9.47 Å². The minimum absolute atomic E-state index is 0.344. The van der Waals surface area contributed by atoms with Gasteiger partial charge in [-0.3, -0.25) is 0 Å². The lowest BCUT2D eigenvalue weighted by atomic mass is 10.1. The van der Waals surface area contributed by atoms with E-state index in [9.17, 15) is 9.59 Å². The number of ether oxygens (including phenoxy) is 2. The van der Waals surface area contributed by atoms with Crippen molar-refractivity contribution in [3.63, 3.8) is 0 Å². The van der Waals surface area contributed by atoms with Crippen molar-refractivity contribution in [3.05, 3.63) is 24.3 Å². The number of hydrogen-bond acceptors (Lipinski definition) is 4. The Bertz CT molecular complexity index is 545. The highest BCUT2D eigenvalue weighted by molar-refractivity contribution is 5.72. The SMILES string of the molecule is CCCCCCCCNC(=O)Oc1cccc(OC(=O)NCCCCCCCC)c1. The number of nitrogens with one attached hydrogen (secondary N) is 2. The molecule has 0 atom stereocenters. The Labute approximate surface area is 182 Å². The average Bonchev–Trinajstić information content (AvgIpc) is 2.72. The molecule has 1 rings (SSSR count).